The molecular formula is C17H21N5O. The van der Waals surface area contributed by atoms with Crippen molar-refractivity contribution in [2.75, 3.05) is 18.4 Å². The molecule has 0 spiro atoms. The molecule has 6 heteroatoms. The highest BCUT2D eigenvalue weighted by Crippen LogP contribution is 2.18. The van der Waals surface area contributed by atoms with E-state index >= 15 is 0 Å². The van der Waals surface area contributed by atoms with Crippen LogP contribution in [0.3, 0.4) is 0 Å². The maximum Gasteiger partial charge on any atom is 0.272 e. The molecule has 0 aliphatic carbocycles. The minimum absolute atomic E-state index is 0.0104. The molecule has 1 saturated heterocycles. The van der Waals surface area contributed by atoms with Gasteiger partial charge in [0, 0.05) is 38.1 Å². The molecule has 1 aliphatic heterocycles. The molecule has 3 heterocycles. The number of nitrogens with zero attached hydrogens (tertiary/aromatic N) is 4. The number of aromatic nitrogens is 3. The molecule has 3 rings (SSSR count). The third-order valence-corrected chi connectivity index (χ3v) is 4.15. The second-order valence-corrected chi connectivity index (χ2v) is 5.98. The zero-order chi connectivity index (χ0) is 16.1. The monoisotopic (exact) mass is 311 g/mol. The van der Waals surface area contributed by atoms with Gasteiger partial charge < -0.3 is 10.2 Å². The molecule has 23 heavy (non-hydrogen) atoms. The van der Waals surface area contributed by atoms with E-state index in [-0.39, 0.29) is 5.91 Å². The lowest BCUT2D eigenvalue weighted by Gasteiger charge is -2.30. The van der Waals surface area contributed by atoms with Crippen LogP contribution in [0.15, 0.2) is 36.9 Å². The van der Waals surface area contributed by atoms with Crippen LogP contribution < -0.4 is 5.32 Å². The number of anilines is 1. The third-order valence-electron chi connectivity index (χ3n) is 4.15. The average Bonchev–Trinajstić information content (AvgIpc) is 2.61. The molecular weight excluding hydrogens is 290 g/mol. The molecule has 2 aromatic heterocycles. The molecule has 120 valence electrons. The van der Waals surface area contributed by atoms with Gasteiger partial charge in [-0.2, -0.15) is 0 Å². The number of hydrogen-bond donors (Lipinski definition) is 1. The average molecular weight is 311 g/mol. The zero-order valence-electron chi connectivity index (χ0n) is 13.3. The van der Waals surface area contributed by atoms with Crippen LogP contribution in [0.4, 0.5) is 5.82 Å². The summed E-state index contributed by atoms with van der Waals surface area (Å²) < 4.78 is 0. The number of hydrogen-bond acceptors (Lipinski definition) is 5. The van der Waals surface area contributed by atoms with Gasteiger partial charge in [-0.05, 0) is 30.4 Å². The van der Waals surface area contributed by atoms with Gasteiger partial charge in [-0.15, -0.1) is 0 Å². The van der Waals surface area contributed by atoms with Crippen LogP contribution in [0, 0.1) is 5.92 Å². The fraction of sp³-hybridized carbons (Fsp3) is 0.412. The lowest BCUT2D eigenvalue weighted by Crippen LogP contribution is -2.38. The van der Waals surface area contributed by atoms with Gasteiger partial charge >= 0.3 is 0 Å². The summed E-state index contributed by atoms with van der Waals surface area (Å²) in [4.78, 5) is 26.8. The molecule has 1 N–H and O–H groups in total. The van der Waals surface area contributed by atoms with Crippen molar-refractivity contribution in [2.24, 2.45) is 5.92 Å². The largest absolute Gasteiger partial charge is 0.366 e. The molecule has 0 atom stereocenters. The predicted octanol–water partition coefficient (Wildman–Crippen LogP) is 2.36. The van der Waals surface area contributed by atoms with Gasteiger partial charge in [-0.25, -0.2) is 9.97 Å². The fourth-order valence-electron chi connectivity index (χ4n) is 2.64. The van der Waals surface area contributed by atoms with Crippen molar-refractivity contribution >= 4 is 11.7 Å². The smallest absolute Gasteiger partial charge is 0.272 e. The Kier molecular flexibility index (Phi) is 4.80. The van der Waals surface area contributed by atoms with E-state index in [2.05, 4.69) is 27.2 Å². The Morgan fingerprint density at radius 3 is 2.91 bits per heavy atom. The minimum atomic E-state index is -0.0104. The van der Waals surface area contributed by atoms with Gasteiger partial charge in [0.15, 0.2) is 0 Å². The number of pyridine rings is 1. The van der Waals surface area contributed by atoms with Crippen molar-refractivity contribution in [1.29, 1.82) is 0 Å². The zero-order valence-corrected chi connectivity index (χ0v) is 13.3. The van der Waals surface area contributed by atoms with Gasteiger partial charge in [0.1, 0.15) is 17.8 Å². The van der Waals surface area contributed by atoms with Crippen LogP contribution in [-0.2, 0) is 6.54 Å². The van der Waals surface area contributed by atoms with Crippen LogP contribution >= 0.6 is 0 Å². The molecule has 1 fully saturated rings. The Labute approximate surface area is 136 Å². The normalized spacial score (nSPS) is 15.4. The summed E-state index contributed by atoms with van der Waals surface area (Å²) in [6.45, 7) is 4.46. The van der Waals surface area contributed by atoms with Crippen LogP contribution in [-0.4, -0.2) is 38.8 Å². The second kappa shape index (κ2) is 7.17. The fourth-order valence-corrected chi connectivity index (χ4v) is 2.64. The van der Waals surface area contributed by atoms with Gasteiger partial charge in [0.05, 0.1) is 0 Å². The first kappa shape index (κ1) is 15.4. The van der Waals surface area contributed by atoms with Gasteiger partial charge in [-0.1, -0.05) is 13.0 Å². The van der Waals surface area contributed by atoms with E-state index in [0.29, 0.717) is 24.0 Å². The van der Waals surface area contributed by atoms with E-state index in [0.717, 1.165) is 31.5 Å². The number of rotatable bonds is 4. The van der Waals surface area contributed by atoms with Crippen molar-refractivity contribution in [3.8, 4) is 0 Å². The number of amides is 1. The Bertz CT molecular complexity index is 653. The maximum atomic E-state index is 12.5. The number of nitrogens with one attached hydrogen (secondary N) is 1. The summed E-state index contributed by atoms with van der Waals surface area (Å²) in [7, 11) is 0. The van der Waals surface area contributed by atoms with Gasteiger partial charge in [0.25, 0.3) is 5.91 Å². The van der Waals surface area contributed by atoms with E-state index in [4.69, 9.17) is 0 Å². The highest BCUT2D eigenvalue weighted by molar-refractivity contribution is 5.92. The summed E-state index contributed by atoms with van der Waals surface area (Å²) >= 11 is 0. The predicted molar refractivity (Wildman–Crippen MR) is 87.9 cm³/mol. The van der Waals surface area contributed by atoms with E-state index in [9.17, 15) is 4.79 Å². The first-order chi connectivity index (χ1) is 11.2. The van der Waals surface area contributed by atoms with E-state index in [1.807, 2.05) is 17.0 Å². The molecule has 0 unspecified atom stereocenters. The Balaban J connectivity index is 1.64. The molecule has 1 amide bonds. The molecule has 2 aromatic rings. The van der Waals surface area contributed by atoms with Crippen molar-refractivity contribution in [1.82, 2.24) is 19.9 Å². The Morgan fingerprint density at radius 2 is 2.17 bits per heavy atom. The summed E-state index contributed by atoms with van der Waals surface area (Å²) in [5.41, 5.74) is 1.51. The number of piperidine rings is 1. The first-order valence-corrected chi connectivity index (χ1v) is 7.96. The highest BCUT2D eigenvalue weighted by Gasteiger charge is 2.22. The Hall–Kier alpha value is -2.50. The lowest BCUT2D eigenvalue weighted by atomic mass is 9.99. The molecule has 0 bridgehead atoms. The van der Waals surface area contributed by atoms with Crippen LogP contribution in [0.2, 0.25) is 0 Å². The maximum absolute atomic E-state index is 12.5. The van der Waals surface area contributed by atoms with Gasteiger partial charge in [-0.3, -0.25) is 9.78 Å². The van der Waals surface area contributed by atoms with Crippen molar-refractivity contribution < 1.29 is 4.79 Å². The summed E-state index contributed by atoms with van der Waals surface area (Å²) in [5.74, 6) is 1.34. The lowest BCUT2D eigenvalue weighted by molar-refractivity contribution is 0.0691. The van der Waals surface area contributed by atoms with Crippen LogP contribution in [0.1, 0.15) is 35.8 Å². The second-order valence-electron chi connectivity index (χ2n) is 5.98. The minimum Gasteiger partial charge on any atom is -0.366 e. The number of likely N-dealkylation sites (tertiary alicyclic amines) is 1. The molecule has 0 aromatic carbocycles. The molecule has 6 nitrogen and oxygen atoms in total. The number of carbonyl (C=O) groups excluding carboxylic acids is 1. The standard InChI is InChI=1S/C17H21N5O/c1-13-4-7-22(8-5-13)17(23)15-9-16(21-12-20-15)19-11-14-3-2-6-18-10-14/h2-3,6,9-10,12-13H,4-5,7-8,11H2,1H3,(H,19,20,21). The van der Waals surface area contributed by atoms with Crippen molar-refractivity contribution in [2.45, 2.75) is 26.3 Å². The van der Waals surface area contributed by atoms with E-state index in [1.165, 1.54) is 6.33 Å². The first-order valence-electron chi connectivity index (χ1n) is 7.96. The Morgan fingerprint density at radius 1 is 1.35 bits per heavy atom. The summed E-state index contributed by atoms with van der Waals surface area (Å²) in [6.07, 6.45) is 7.09. The summed E-state index contributed by atoms with van der Waals surface area (Å²) in [5, 5.41) is 3.20. The molecule has 0 radical (unpaired) electrons. The van der Waals surface area contributed by atoms with Crippen molar-refractivity contribution in [3.05, 3.63) is 48.2 Å². The van der Waals surface area contributed by atoms with Gasteiger partial charge in [0.2, 0.25) is 0 Å². The SMILES string of the molecule is CC1CCN(C(=O)c2cc(NCc3cccnc3)ncn2)CC1. The summed E-state index contributed by atoms with van der Waals surface area (Å²) in [6, 6.07) is 5.60. The van der Waals surface area contributed by atoms with E-state index in [1.54, 1.807) is 18.5 Å². The van der Waals surface area contributed by atoms with Crippen molar-refractivity contribution in [3.63, 3.8) is 0 Å². The molecule has 0 saturated carbocycles. The quantitative estimate of drug-likeness (QED) is 0.938. The third kappa shape index (κ3) is 4.03. The van der Waals surface area contributed by atoms with E-state index < -0.39 is 0 Å². The number of carbonyl (C=O) groups is 1. The van der Waals surface area contributed by atoms with Crippen LogP contribution in [0.5, 0.6) is 0 Å². The van der Waals surface area contributed by atoms with Crippen LogP contribution in [0.25, 0.3) is 0 Å². The molecule has 1 aliphatic rings. The topological polar surface area (TPSA) is 71.0 Å². The highest BCUT2D eigenvalue weighted by atomic mass is 16.2.